The fourth-order valence-corrected chi connectivity index (χ4v) is 6.21. The Bertz CT molecular complexity index is 1380. The summed E-state index contributed by atoms with van der Waals surface area (Å²) >= 11 is 13.4. The lowest BCUT2D eigenvalue weighted by molar-refractivity contribution is -0.118. The van der Waals surface area contributed by atoms with Gasteiger partial charge in [0.05, 0.1) is 23.6 Å². The summed E-state index contributed by atoms with van der Waals surface area (Å²) in [5, 5.41) is 6.51. The Labute approximate surface area is 243 Å². The number of benzene rings is 3. The monoisotopic (exact) mass is 657 g/mol. The highest BCUT2D eigenvalue weighted by molar-refractivity contribution is 9.11. The molecule has 2 heterocycles. The van der Waals surface area contributed by atoms with Crippen molar-refractivity contribution in [3.8, 4) is 0 Å². The Hall–Kier alpha value is -2.56. The molecular weight excluding hydrogens is 634 g/mol. The van der Waals surface area contributed by atoms with Crippen LogP contribution in [0.2, 0.25) is 5.02 Å². The van der Waals surface area contributed by atoms with Crippen LogP contribution in [-0.4, -0.2) is 67.1 Å². The van der Waals surface area contributed by atoms with Gasteiger partial charge in [-0.15, -0.1) is 0 Å². The van der Waals surface area contributed by atoms with Crippen molar-refractivity contribution in [1.82, 2.24) is 9.80 Å². The third-order valence-corrected chi connectivity index (χ3v) is 8.18. The van der Waals surface area contributed by atoms with E-state index in [1.54, 1.807) is 12.1 Å². The predicted molar refractivity (Wildman–Crippen MR) is 160 cm³/mol. The number of halogens is 3. The van der Waals surface area contributed by atoms with E-state index in [4.69, 9.17) is 16.6 Å². The standard InChI is InChI=1S/C28H26Br2ClN5O2/c1-35-9-11-36(12-10-35)16-24(37)34-27-21(29)14-19(15-22(27)30)32-26(17-5-3-2-4-6-17)25-20-8-7-18(31)13-23(20)33-28(25)38/h2-8,13-15,25H,9-12,16H2,1H3,(H,33,38)(H,34,37). The van der Waals surface area contributed by atoms with E-state index in [0.29, 0.717) is 43.3 Å². The summed E-state index contributed by atoms with van der Waals surface area (Å²) in [5.74, 6) is -0.823. The molecule has 2 amide bonds. The van der Waals surface area contributed by atoms with Crippen molar-refractivity contribution < 1.29 is 9.59 Å². The van der Waals surface area contributed by atoms with Crippen LogP contribution in [0.1, 0.15) is 17.0 Å². The number of carbonyl (C=O) groups is 2. The first kappa shape index (κ1) is 27.0. The van der Waals surface area contributed by atoms with Gasteiger partial charge in [-0.2, -0.15) is 0 Å². The molecule has 196 valence electrons. The molecule has 0 radical (unpaired) electrons. The highest BCUT2D eigenvalue weighted by Crippen LogP contribution is 2.40. The van der Waals surface area contributed by atoms with Gasteiger partial charge in [0.2, 0.25) is 11.8 Å². The molecule has 1 fully saturated rings. The van der Waals surface area contributed by atoms with Crippen LogP contribution in [-0.2, 0) is 9.59 Å². The van der Waals surface area contributed by atoms with Gasteiger partial charge in [-0.3, -0.25) is 19.5 Å². The SMILES string of the molecule is CN1CCN(CC(=O)Nc2c(Br)cc(N=C(c3ccccc3)C3C(=O)Nc4cc(Cl)ccc43)cc2Br)CC1. The lowest BCUT2D eigenvalue weighted by atomic mass is 9.90. The van der Waals surface area contributed by atoms with Gasteiger partial charge in [0.1, 0.15) is 5.92 Å². The van der Waals surface area contributed by atoms with Gasteiger partial charge in [0.25, 0.3) is 0 Å². The number of aliphatic imine (C=N–C) groups is 1. The minimum absolute atomic E-state index is 0.0740. The predicted octanol–water partition coefficient (Wildman–Crippen LogP) is 5.91. The number of carbonyl (C=O) groups excluding carboxylic acids is 2. The Balaban J connectivity index is 1.44. The summed E-state index contributed by atoms with van der Waals surface area (Å²) in [6, 6.07) is 18.7. The van der Waals surface area contributed by atoms with E-state index in [-0.39, 0.29) is 11.8 Å². The molecule has 3 aromatic carbocycles. The van der Waals surface area contributed by atoms with E-state index in [1.165, 1.54) is 0 Å². The van der Waals surface area contributed by atoms with Gasteiger partial charge in [-0.25, -0.2) is 0 Å². The number of amides is 2. The van der Waals surface area contributed by atoms with Crippen LogP contribution in [0.15, 0.2) is 74.6 Å². The number of nitrogens with one attached hydrogen (secondary N) is 2. The fraction of sp³-hybridized carbons (Fsp3) is 0.250. The molecule has 0 aromatic heterocycles. The van der Waals surface area contributed by atoms with E-state index in [1.807, 2.05) is 48.5 Å². The molecule has 10 heteroatoms. The van der Waals surface area contributed by atoms with Crippen LogP contribution >= 0.6 is 43.5 Å². The van der Waals surface area contributed by atoms with E-state index < -0.39 is 5.92 Å². The molecule has 5 rings (SSSR count). The van der Waals surface area contributed by atoms with E-state index in [9.17, 15) is 9.59 Å². The molecule has 38 heavy (non-hydrogen) atoms. The molecule has 0 bridgehead atoms. The Morgan fingerprint density at radius 2 is 1.74 bits per heavy atom. The normalized spacial score (nSPS) is 18.3. The first-order valence-corrected chi connectivity index (χ1v) is 14.2. The van der Waals surface area contributed by atoms with Crippen molar-refractivity contribution in [3.63, 3.8) is 0 Å². The maximum atomic E-state index is 13.1. The summed E-state index contributed by atoms with van der Waals surface area (Å²) in [4.78, 5) is 35.3. The molecule has 3 aromatic rings. The lowest BCUT2D eigenvalue weighted by Gasteiger charge is -2.31. The lowest BCUT2D eigenvalue weighted by Crippen LogP contribution is -2.47. The second-order valence-electron chi connectivity index (χ2n) is 9.43. The molecule has 1 unspecified atom stereocenters. The van der Waals surface area contributed by atoms with Gasteiger partial charge in [-0.1, -0.05) is 48.0 Å². The minimum Gasteiger partial charge on any atom is -0.325 e. The summed E-state index contributed by atoms with van der Waals surface area (Å²) in [7, 11) is 2.09. The summed E-state index contributed by atoms with van der Waals surface area (Å²) < 4.78 is 1.38. The second kappa shape index (κ2) is 11.7. The van der Waals surface area contributed by atoms with Crippen molar-refractivity contribution in [2.24, 2.45) is 4.99 Å². The number of likely N-dealkylation sites (N-methyl/N-ethyl adjacent to an activating group) is 1. The molecule has 0 saturated carbocycles. The third kappa shape index (κ3) is 6.02. The Kier molecular flexibility index (Phi) is 8.30. The van der Waals surface area contributed by atoms with Crippen LogP contribution < -0.4 is 10.6 Å². The number of piperazine rings is 1. The zero-order valence-corrected chi connectivity index (χ0v) is 24.6. The summed E-state index contributed by atoms with van der Waals surface area (Å²) in [5.41, 5.74) is 4.25. The van der Waals surface area contributed by atoms with Crippen molar-refractivity contribution in [2.45, 2.75) is 5.92 Å². The smallest absolute Gasteiger partial charge is 0.238 e. The van der Waals surface area contributed by atoms with E-state index in [0.717, 1.165) is 37.3 Å². The average molecular weight is 660 g/mol. The minimum atomic E-state index is -0.592. The molecule has 7 nitrogen and oxygen atoms in total. The summed E-state index contributed by atoms with van der Waals surface area (Å²) in [6.45, 7) is 3.98. The molecule has 0 aliphatic carbocycles. The van der Waals surface area contributed by atoms with Crippen molar-refractivity contribution in [2.75, 3.05) is 50.4 Å². The van der Waals surface area contributed by atoms with E-state index in [2.05, 4.69) is 59.3 Å². The quantitative estimate of drug-likeness (QED) is 0.323. The topological polar surface area (TPSA) is 77.0 Å². The molecule has 2 aliphatic rings. The zero-order chi connectivity index (χ0) is 26.8. The van der Waals surface area contributed by atoms with Crippen LogP contribution in [0.5, 0.6) is 0 Å². The number of nitrogens with zero attached hydrogens (tertiary/aromatic N) is 3. The molecule has 2 aliphatic heterocycles. The van der Waals surface area contributed by atoms with Crippen LogP contribution in [0.3, 0.4) is 0 Å². The second-order valence-corrected chi connectivity index (χ2v) is 11.6. The van der Waals surface area contributed by atoms with Gasteiger partial charge < -0.3 is 15.5 Å². The van der Waals surface area contributed by atoms with Crippen LogP contribution in [0, 0.1) is 0 Å². The number of hydrogen-bond acceptors (Lipinski definition) is 5. The van der Waals surface area contributed by atoms with E-state index >= 15 is 0 Å². The van der Waals surface area contributed by atoms with Gasteiger partial charge >= 0.3 is 0 Å². The van der Waals surface area contributed by atoms with Crippen molar-refractivity contribution in [1.29, 1.82) is 0 Å². The number of rotatable bonds is 6. The van der Waals surface area contributed by atoms with Crippen LogP contribution in [0.25, 0.3) is 0 Å². The largest absolute Gasteiger partial charge is 0.325 e. The van der Waals surface area contributed by atoms with Gasteiger partial charge in [0, 0.05) is 45.8 Å². The van der Waals surface area contributed by atoms with Gasteiger partial charge in [0.15, 0.2) is 0 Å². The maximum absolute atomic E-state index is 13.1. The zero-order valence-electron chi connectivity index (χ0n) is 20.7. The van der Waals surface area contributed by atoms with Crippen molar-refractivity contribution in [3.05, 3.63) is 85.8 Å². The Morgan fingerprint density at radius 1 is 1.05 bits per heavy atom. The number of anilines is 2. The maximum Gasteiger partial charge on any atom is 0.238 e. The molecule has 1 atom stereocenters. The average Bonchev–Trinajstić information content (AvgIpc) is 3.21. The summed E-state index contributed by atoms with van der Waals surface area (Å²) in [6.07, 6.45) is 0. The molecule has 1 saturated heterocycles. The highest BCUT2D eigenvalue weighted by atomic mass is 79.9. The number of fused-ring (bicyclic) bond motifs is 1. The van der Waals surface area contributed by atoms with Crippen molar-refractivity contribution >= 4 is 78.0 Å². The Morgan fingerprint density at radius 3 is 2.42 bits per heavy atom. The number of hydrogen-bond donors (Lipinski definition) is 2. The molecule has 0 spiro atoms. The first-order valence-electron chi connectivity index (χ1n) is 12.2. The fourth-order valence-electron chi connectivity index (χ4n) is 4.68. The third-order valence-electron chi connectivity index (χ3n) is 6.69. The van der Waals surface area contributed by atoms with Gasteiger partial charge in [-0.05, 0) is 74.3 Å². The van der Waals surface area contributed by atoms with Crippen LogP contribution in [0.4, 0.5) is 17.1 Å². The first-order chi connectivity index (χ1) is 18.3. The molecular formula is C28H26Br2ClN5O2. The molecule has 2 N–H and O–H groups in total. The highest BCUT2D eigenvalue weighted by Gasteiger charge is 2.35.